The molecule has 2 aliphatic rings. The van der Waals surface area contributed by atoms with Gasteiger partial charge in [-0.15, -0.1) is 0 Å². The summed E-state index contributed by atoms with van der Waals surface area (Å²) in [5.41, 5.74) is 0.509. The van der Waals surface area contributed by atoms with Gasteiger partial charge in [-0.1, -0.05) is 52.9 Å². The SMILES string of the molecule is CNCC1CCC(C(C)(C)C)CC1CC1CCCCC1. The molecule has 0 radical (unpaired) electrons. The Labute approximate surface area is 127 Å². The number of nitrogens with one attached hydrogen (secondary N) is 1. The minimum atomic E-state index is 0.509. The Morgan fingerprint density at radius 1 is 0.900 bits per heavy atom. The van der Waals surface area contributed by atoms with Gasteiger partial charge in [0.15, 0.2) is 0 Å². The van der Waals surface area contributed by atoms with Gasteiger partial charge in [0.25, 0.3) is 0 Å². The van der Waals surface area contributed by atoms with Crippen LogP contribution in [0.15, 0.2) is 0 Å². The molecule has 0 aromatic rings. The topological polar surface area (TPSA) is 12.0 Å². The molecule has 0 bridgehead atoms. The van der Waals surface area contributed by atoms with E-state index in [9.17, 15) is 0 Å². The molecule has 0 aromatic heterocycles. The van der Waals surface area contributed by atoms with E-state index in [1.807, 2.05) is 0 Å². The van der Waals surface area contributed by atoms with Gasteiger partial charge in [0.1, 0.15) is 0 Å². The first-order chi connectivity index (χ1) is 9.50. The highest BCUT2D eigenvalue weighted by Crippen LogP contribution is 2.45. The first-order valence-corrected chi connectivity index (χ1v) is 9.15. The summed E-state index contributed by atoms with van der Waals surface area (Å²) >= 11 is 0. The van der Waals surface area contributed by atoms with Crippen molar-refractivity contribution in [3.05, 3.63) is 0 Å². The van der Waals surface area contributed by atoms with Crippen LogP contribution in [0, 0.1) is 29.1 Å². The van der Waals surface area contributed by atoms with Gasteiger partial charge in [-0.25, -0.2) is 0 Å². The summed E-state index contributed by atoms with van der Waals surface area (Å²) in [6.07, 6.45) is 13.5. The van der Waals surface area contributed by atoms with Gasteiger partial charge in [0.05, 0.1) is 0 Å². The van der Waals surface area contributed by atoms with Crippen molar-refractivity contribution in [1.29, 1.82) is 0 Å². The molecule has 1 nitrogen and oxygen atoms in total. The van der Waals surface area contributed by atoms with Crippen molar-refractivity contribution in [3.8, 4) is 0 Å². The molecule has 0 heterocycles. The van der Waals surface area contributed by atoms with Crippen LogP contribution in [-0.4, -0.2) is 13.6 Å². The third-order valence-electron chi connectivity index (χ3n) is 6.19. The van der Waals surface area contributed by atoms with Crippen LogP contribution in [-0.2, 0) is 0 Å². The van der Waals surface area contributed by atoms with E-state index in [4.69, 9.17) is 0 Å². The third kappa shape index (κ3) is 4.48. The normalized spacial score (nSPS) is 33.3. The molecule has 2 fully saturated rings. The van der Waals surface area contributed by atoms with Crippen LogP contribution >= 0.6 is 0 Å². The lowest BCUT2D eigenvalue weighted by Crippen LogP contribution is -2.37. The average Bonchev–Trinajstić information content (AvgIpc) is 2.41. The molecule has 1 N–H and O–H groups in total. The Morgan fingerprint density at radius 3 is 2.20 bits per heavy atom. The van der Waals surface area contributed by atoms with Gasteiger partial charge in [-0.3, -0.25) is 0 Å². The summed E-state index contributed by atoms with van der Waals surface area (Å²) in [4.78, 5) is 0. The van der Waals surface area contributed by atoms with E-state index in [1.165, 1.54) is 64.3 Å². The van der Waals surface area contributed by atoms with Crippen LogP contribution < -0.4 is 5.32 Å². The van der Waals surface area contributed by atoms with Gasteiger partial charge < -0.3 is 5.32 Å². The molecule has 118 valence electrons. The van der Waals surface area contributed by atoms with E-state index in [1.54, 1.807) is 0 Å². The zero-order chi connectivity index (χ0) is 14.6. The number of hydrogen-bond donors (Lipinski definition) is 1. The fourth-order valence-corrected chi connectivity index (χ4v) is 4.78. The van der Waals surface area contributed by atoms with Gasteiger partial charge >= 0.3 is 0 Å². The number of hydrogen-bond acceptors (Lipinski definition) is 1. The van der Waals surface area contributed by atoms with Crippen molar-refractivity contribution in [2.24, 2.45) is 29.1 Å². The summed E-state index contributed by atoms with van der Waals surface area (Å²) < 4.78 is 0. The van der Waals surface area contributed by atoms with Gasteiger partial charge in [0, 0.05) is 0 Å². The number of rotatable bonds is 4. The van der Waals surface area contributed by atoms with Gasteiger partial charge in [-0.2, -0.15) is 0 Å². The van der Waals surface area contributed by atoms with Crippen molar-refractivity contribution in [2.45, 2.75) is 78.6 Å². The smallest absolute Gasteiger partial charge is 0.00209 e. The second-order valence-electron chi connectivity index (χ2n) is 8.69. The van der Waals surface area contributed by atoms with Crippen molar-refractivity contribution in [3.63, 3.8) is 0 Å². The monoisotopic (exact) mass is 279 g/mol. The van der Waals surface area contributed by atoms with Crippen molar-refractivity contribution >= 4 is 0 Å². The third-order valence-corrected chi connectivity index (χ3v) is 6.19. The molecule has 0 spiro atoms. The molecule has 3 atom stereocenters. The fourth-order valence-electron chi connectivity index (χ4n) is 4.78. The van der Waals surface area contributed by atoms with E-state index >= 15 is 0 Å². The highest BCUT2D eigenvalue weighted by Gasteiger charge is 2.36. The van der Waals surface area contributed by atoms with Crippen molar-refractivity contribution < 1.29 is 0 Å². The molecule has 2 rings (SSSR count). The quantitative estimate of drug-likeness (QED) is 0.740. The second kappa shape index (κ2) is 7.29. The molecule has 1 heteroatoms. The van der Waals surface area contributed by atoms with Crippen molar-refractivity contribution in [1.82, 2.24) is 5.32 Å². The van der Waals surface area contributed by atoms with E-state index in [-0.39, 0.29) is 0 Å². The Balaban J connectivity index is 1.94. The molecular formula is C19H37N. The van der Waals surface area contributed by atoms with Gasteiger partial charge in [-0.05, 0) is 68.4 Å². The van der Waals surface area contributed by atoms with Crippen LogP contribution in [0.5, 0.6) is 0 Å². The van der Waals surface area contributed by atoms with Crippen LogP contribution in [0.25, 0.3) is 0 Å². The lowest BCUT2D eigenvalue weighted by molar-refractivity contribution is 0.0791. The Kier molecular flexibility index (Phi) is 5.95. The highest BCUT2D eigenvalue weighted by atomic mass is 14.8. The zero-order valence-corrected chi connectivity index (χ0v) is 14.4. The minimum Gasteiger partial charge on any atom is -0.319 e. The first kappa shape index (κ1) is 16.3. The minimum absolute atomic E-state index is 0.509. The molecule has 0 amide bonds. The molecule has 0 saturated heterocycles. The maximum atomic E-state index is 3.46. The van der Waals surface area contributed by atoms with E-state index in [0.717, 1.165) is 23.7 Å². The largest absolute Gasteiger partial charge is 0.319 e. The highest BCUT2D eigenvalue weighted by molar-refractivity contribution is 4.87. The molecule has 0 aromatic carbocycles. The summed E-state index contributed by atoms with van der Waals surface area (Å²) in [5, 5.41) is 3.46. The predicted octanol–water partition coefficient (Wildman–Crippen LogP) is 5.25. The predicted molar refractivity (Wildman–Crippen MR) is 88.9 cm³/mol. The summed E-state index contributed by atoms with van der Waals surface area (Å²) in [7, 11) is 2.13. The van der Waals surface area contributed by atoms with Crippen LogP contribution in [0.4, 0.5) is 0 Å². The summed E-state index contributed by atoms with van der Waals surface area (Å²) in [6, 6.07) is 0. The van der Waals surface area contributed by atoms with Gasteiger partial charge in [0.2, 0.25) is 0 Å². The van der Waals surface area contributed by atoms with E-state index in [0.29, 0.717) is 5.41 Å². The lowest BCUT2D eigenvalue weighted by Gasteiger charge is -2.43. The molecule has 2 saturated carbocycles. The standard InChI is InChI=1S/C19H37N/c1-19(2,3)18-11-10-16(14-20-4)17(13-18)12-15-8-6-5-7-9-15/h15-18,20H,5-14H2,1-4H3. The summed E-state index contributed by atoms with van der Waals surface area (Å²) in [6.45, 7) is 8.60. The maximum absolute atomic E-state index is 3.46. The molecule has 3 unspecified atom stereocenters. The van der Waals surface area contributed by atoms with Crippen LogP contribution in [0.1, 0.15) is 78.6 Å². The zero-order valence-electron chi connectivity index (χ0n) is 14.4. The molecular weight excluding hydrogens is 242 g/mol. The Bertz CT molecular complexity index is 272. The fraction of sp³-hybridized carbons (Fsp3) is 1.00. The van der Waals surface area contributed by atoms with Crippen LogP contribution in [0.3, 0.4) is 0 Å². The van der Waals surface area contributed by atoms with E-state index in [2.05, 4.69) is 33.1 Å². The van der Waals surface area contributed by atoms with Crippen LogP contribution in [0.2, 0.25) is 0 Å². The maximum Gasteiger partial charge on any atom is -0.00209 e. The molecule has 20 heavy (non-hydrogen) atoms. The van der Waals surface area contributed by atoms with Crippen molar-refractivity contribution in [2.75, 3.05) is 13.6 Å². The molecule has 2 aliphatic carbocycles. The average molecular weight is 280 g/mol. The van der Waals surface area contributed by atoms with E-state index < -0.39 is 0 Å². The molecule has 0 aliphatic heterocycles. The second-order valence-corrected chi connectivity index (χ2v) is 8.69. The lowest BCUT2D eigenvalue weighted by atomic mass is 9.63. The Morgan fingerprint density at radius 2 is 1.60 bits per heavy atom. The summed E-state index contributed by atoms with van der Waals surface area (Å²) in [5.74, 6) is 3.93. The first-order valence-electron chi connectivity index (χ1n) is 9.15. The Hall–Kier alpha value is -0.0400.